The smallest absolute Gasteiger partial charge is 0.418 e. The number of aromatic nitrogens is 1. The van der Waals surface area contributed by atoms with Crippen molar-refractivity contribution in [2.24, 2.45) is 10.9 Å². The highest BCUT2D eigenvalue weighted by Crippen LogP contribution is 2.32. The summed E-state index contributed by atoms with van der Waals surface area (Å²) in [6, 6.07) is 10.6. The quantitative estimate of drug-likeness (QED) is 0.151. The van der Waals surface area contributed by atoms with Crippen LogP contribution in [0.25, 0.3) is 10.9 Å². The third-order valence-corrected chi connectivity index (χ3v) is 8.09. The minimum Gasteiger partial charge on any atom is -0.418 e. The van der Waals surface area contributed by atoms with E-state index in [1.165, 1.54) is 39.6 Å². The molecule has 0 bridgehead atoms. The highest BCUT2D eigenvalue weighted by Gasteiger charge is 2.42. The van der Waals surface area contributed by atoms with Crippen molar-refractivity contribution in [1.29, 1.82) is 0 Å². The zero-order valence-electron chi connectivity index (χ0n) is 22.2. The van der Waals surface area contributed by atoms with Gasteiger partial charge in [0.1, 0.15) is 10.6 Å². The van der Waals surface area contributed by atoms with Crippen LogP contribution in [-0.2, 0) is 19.6 Å². The Morgan fingerprint density at radius 3 is 2.44 bits per heavy atom. The van der Waals surface area contributed by atoms with Crippen molar-refractivity contribution in [3.8, 4) is 5.75 Å². The number of nitrogens with two attached hydrogens (primary N) is 2. The van der Waals surface area contributed by atoms with Crippen LogP contribution in [0.2, 0.25) is 0 Å². The fourth-order valence-electron chi connectivity index (χ4n) is 4.29. The Hall–Kier alpha value is -4.35. The summed E-state index contributed by atoms with van der Waals surface area (Å²) in [7, 11) is -4.46. The molecule has 17 heteroatoms. The lowest BCUT2D eigenvalue weighted by Gasteiger charge is -2.23. The molecule has 1 saturated heterocycles. The molecule has 0 radical (unpaired) electrons. The van der Waals surface area contributed by atoms with Gasteiger partial charge in [0.25, 0.3) is 21.8 Å². The number of pyridine rings is 1. The number of alkyl halides is 3. The molecule has 0 unspecified atom stereocenters. The number of para-hydroxylation sites is 1. The Kier molecular flexibility index (Phi) is 9.46. The molecule has 43 heavy (non-hydrogen) atoms. The average molecular weight is 639 g/mol. The standard InChI is InChI=1S/C26H25F3N6O6S2/c27-26(28,29)25(38)41-20-14-17(23(36)34-10-3-11-35(13-12-34)24(37)18(30)15-42-31)7-8-19(20)33-43(39,40)21-6-1-4-16-5-2-9-32-22(16)21/h1-2,4-9,14-15,33H,3,10-13,30-31H2/b18-15-. The van der Waals surface area contributed by atoms with E-state index in [0.717, 1.165) is 24.1 Å². The van der Waals surface area contributed by atoms with Gasteiger partial charge in [-0.2, -0.15) is 13.2 Å². The number of sulfonamides is 1. The summed E-state index contributed by atoms with van der Waals surface area (Å²) in [5.74, 6) is -4.57. The first-order chi connectivity index (χ1) is 20.3. The SMILES string of the molecule is NS/C=C(\N)C(=O)N1CCCN(C(=O)c2ccc(NS(=O)(=O)c3cccc4cccnc34)c(OC(=O)C(F)(F)F)c2)CC1. The van der Waals surface area contributed by atoms with Gasteiger partial charge < -0.3 is 20.3 Å². The van der Waals surface area contributed by atoms with E-state index in [0.29, 0.717) is 11.8 Å². The van der Waals surface area contributed by atoms with Crippen LogP contribution in [0.4, 0.5) is 18.9 Å². The van der Waals surface area contributed by atoms with Crippen LogP contribution in [0.3, 0.4) is 0 Å². The molecule has 1 fully saturated rings. The Balaban J connectivity index is 1.63. The van der Waals surface area contributed by atoms with E-state index < -0.39 is 45.4 Å². The monoisotopic (exact) mass is 638 g/mol. The van der Waals surface area contributed by atoms with Gasteiger partial charge in [0.2, 0.25) is 0 Å². The zero-order valence-corrected chi connectivity index (χ0v) is 23.8. The van der Waals surface area contributed by atoms with Crippen molar-refractivity contribution >= 4 is 56.3 Å². The van der Waals surface area contributed by atoms with Crippen LogP contribution in [0.5, 0.6) is 5.75 Å². The molecule has 3 aromatic rings. The normalized spacial score (nSPS) is 14.7. The second-order valence-corrected chi connectivity index (χ2v) is 11.3. The number of nitrogens with one attached hydrogen (secondary N) is 1. The van der Waals surface area contributed by atoms with E-state index in [2.05, 4.69) is 14.4 Å². The predicted octanol–water partition coefficient (Wildman–Crippen LogP) is 2.58. The lowest BCUT2D eigenvalue weighted by molar-refractivity contribution is -0.189. The molecular weight excluding hydrogens is 613 g/mol. The second kappa shape index (κ2) is 12.9. The number of esters is 1. The van der Waals surface area contributed by atoms with Gasteiger partial charge in [-0.3, -0.25) is 24.4 Å². The molecule has 1 aliphatic heterocycles. The maximum absolute atomic E-state index is 13.3. The number of carbonyl (C=O) groups excluding carboxylic acids is 3. The average Bonchev–Trinajstić information content (AvgIpc) is 3.23. The Morgan fingerprint density at radius 1 is 1.02 bits per heavy atom. The number of anilines is 1. The van der Waals surface area contributed by atoms with Crippen molar-refractivity contribution in [2.75, 3.05) is 30.9 Å². The first-order valence-corrected chi connectivity index (χ1v) is 14.9. The summed E-state index contributed by atoms with van der Waals surface area (Å²) in [5, 5.41) is 7.09. The molecule has 4 rings (SSSR count). The number of hydrogen-bond donors (Lipinski definition) is 3. The number of ether oxygens (including phenoxy) is 1. The van der Waals surface area contributed by atoms with Crippen LogP contribution >= 0.6 is 11.9 Å². The van der Waals surface area contributed by atoms with E-state index in [9.17, 15) is 36.0 Å². The van der Waals surface area contributed by atoms with Gasteiger partial charge in [0.05, 0.1) is 11.2 Å². The molecule has 0 atom stereocenters. The van der Waals surface area contributed by atoms with Crippen LogP contribution < -0.4 is 20.3 Å². The van der Waals surface area contributed by atoms with Crippen molar-refractivity contribution in [3.05, 3.63) is 71.4 Å². The lowest BCUT2D eigenvalue weighted by Crippen LogP contribution is -2.39. The van der Waals surface area contributed by atoms with Crippen LogP contribution in [0.15, 0.2) is 70.7 Å². The van der Waals surface area contributed by atoms with Gasteiger partial charge in [0, 0.05) is 48.7 Å². The van der Waals surface area contributed by atoms with E-state index in [4.69, 9.17) is 10.9 Å². The highest BCUT2D eigenvalue weighted by molar-refractivity contribution is 8.00. The number of carbonyl (C=O) groups is 3. The fraction of sp³-hybridized carbons (Fsp3) is 0.231. The molecule has 1 aliphatic rings. The molecule has 12 nitrogen and oxygen atoms in total. The van der Waals surface area contributed by atoms with Crippen molar-refractivity contribution in [1.82, 2.24) is 14.8 Å². The highest BCUT2D eigenvalue weighted by atomic mass is 32.2. The molecule has 0 aliphatic carbocycles. The summed E-state index contributed by atoms with van der Waals surface area (Å²) < 4.78 is 72.5. The molecule has 228 valence electrons. The number of benzene rings is 2. The van der Waals surface area contributed by atoms with Gasteiger partial charge in [-0.05, 0) is 36.8 Å². The Bertz CT molecular complexity index is 1690. The molecule has 2 heterocycles. The van der Waals surface area contributed by atoms with Gasteiger partial charge >= 0.3 is 12.1 Å². The van der Waals surface area contributed by atoms with Gasteiger partial charge in [-0.1, -0.05) is 30.1 Å². The molecule has 0 spiro atoms. The molecule has 5 N–H and O–H groups in total. The number of nitrogens with zero attached hydrogens (tertiary/aromatic N) is 3. The summed E-state index contributed by atoms with van der Waals surface area (Å²) >= 11 is 0.769. The van der Waals surface area contributed by atoms with Crippen molar-refractivity contribution in [2.45, 2.75) is 17.5 Å². The van der Waals surface area contributed by atoms with Crippen LogP contribution in [-0.4, -0.2) is 73.3 Å². The number of amides is 2. The number of rotatable bonds is 7. The summed E-state index contributed by atoms with van der Waals surface area (Å²) in [4.78, 5) is 44.2. The van der Waals surface area contributed by atoms with E-state index in [1.54, 1.807) is 18.2 Å². The van der Waals surface area contributed by atoms with Crippen molar-refractivity contribution < 1.29 is 40.7 Å². The molecule has 1 aromatic heterocycles. The third-order valence-electron chi connectivity index (χ3n) is 6.30. The Morgan fingerprint density at radius 2 is 1.72 bits per heavy atom. The topological polar surface area (TPSA) is 178 Å². The van der Waals surface area contributed by atoms with E-state index >= 15 is 0 Å². The molecule has 2 amide bonds. The van der Waals surface area contributed by atoms with E-state index in [1.807, 2.05) is 0 Å². The summed E-state index contributed by atoms with van der Waals surface area (Å²) in [5.41, 5.74) is 5.05. The molecule has 0 saturated carbocycles. The Labute approximate surface area is 248 Å². The predicted molar refractivity (Wildman–Crippen MR) is 152 cm³/mol. The fourth-order valence-corrected chi connectivity index (χ4v) is 5.79. The number of hydrogen-bond acceptors (Lipinski definition) is 10. The second-order valence-electron chi connectivity index (χ2n) is 9.18. The van der Waals surface area contributed by atoms with Gasteiger partial charge in [-0.15, -0.1) is 0 Å². The van der Waals surface area contributed by atoms with E-state index in [-0.39, 0.29) is 47.9 Å². The summed E-state index contributed by atoms with van der Waals surface area (Å²) in [6.07, 6.45) is -3.66. The first kappa shape index (κ1) is 31.6. The first-order valence-electron chi connectivity index (χ1n) is 12.5. The zero-order chi connectivity index (χ0) is 31.4. The number of halogens is 3. The van der Waals surface area contributed by atoms with Gasteiger partial charge in [-0.25, -0.2) is 13.2 Å². The molecular formula is C26H25F3N6O6S2. The van der Waals surface area contributed by atoms with Gasteiger partial charge in [0.15, 0.2) is 5.75 Å². The minimum atomic E-state index is -5.41. The summed E-state index contributed by atoms with van der Waals surface area (Å²) in [6.45, 7) is 0.650. The van der Waals surface area contributed by atoms with Crippen molar-refractivity contribution in [3.63, 3.8) is 0 Å². The third kappa shape index (κ3) is 7.36. The maximum Gasteiger partial charge on any atom is 0.491 e. The largest absolute Gasteiger partial charge is 0.491 e. The number of fused-ring (bicyclic) bond motifs is 1. The lowest BCUT2D eigenvalue weighted by atomic mass is 10.1. The van der Waals surface area contributed by atoms with Crippen LogP contribution in [0, 0.1) is 0 Å². The van der Waals surface area contributed by atoms with Crippen LogP contribution in [0.1, 0.15) is 16.8 Å². The minimum absolute atomic E-state index is 0.0632. The maximum atomic E-state index is 13.3. The molecule has 2 aromatic carbocycles.